The van der Waals surface area contributed by atoms with E-state index in [2.05, 4.69) is 58.3 Å². The van der Waals surface area contributed by atoms with E-state index in [0.29, 0.717) is 15.6 Å². The molecule has 0 saturated heterocycles. The van der Waals surface area contributed by atoms with Crippen LogP contribution in [0.4, 0.5) is 0 Å². The number of esters is 2. The van der Waals surface area contributed by atoms with Crippen molar-refractivity contribution in [3.8, 4) is 17.2 Å². The summed E-state index contributed by atoms with van der Waals surface area (Å²) in [5.41, 5.74) is 3.36. The van der Waals surface area contributed by atoms with Gasteiger partial charge in [0.05, 0.1) is 22.9 Å². The maximum atomic E-state index is 12.8. The Morgan fingerprint density at radius 1 is 0.692 bits per heavy atom. The van der Waals surface area contributed by atoms with E-state index in [1.54, 1.807) is 60.7 Å². The minimum absolute atomic E-state index is 0.00799. The van der Waals surface area contributed by atoms with Gasteiger partial charge in [-0.3, -0.25) is 4.79 Å². The van der Waals surface area contributed by atoms with Crippen molar-refractivity contribution in [1.82, 2.24) is 5.43 Å². The second-order valence-corrected chi connectivity index (χ2v) is 10.6. The van der Waals surface area contributed by atoms with Gasteiger partial charge in [-0.1, -0.05) is 47.8 Å². The fourth-order valence-electron chi connectivity index (χ4n) is 3.17. The molecule has 1 amide bonds. The van der Waals surface area contributed by atoms with E-state index in [-0.39, 0.29) is 28.4 Å². The number of rotatable bonds is 7. The summed E-state index contributed by atoms with van der Waals surface area (Å²) in [6.07, 6.45) is 1.31. The summed E-state index contributed by atoms with van der Waals surface area (Å²) in [5.74, 6) is -2.18. The lowest BCUT2D eigenvalue weighted by molar-refractivity contribution is 0.0682. The Balaban J connectivity index is 1.57. The van der Waals surface area contributed by atoms with E-state index in [0.717, 1.165) is 8.95 Å². The third-order valence-electron chi connectivity index (χ3n) is 5.12. The lowest BCUT2D eigenvalue weighted by atomic mass is 10.2. The Labute approximate surface area is 248 Å². The number of nitrogens with zero attached hydrogens (tertiary/aromatic N) is 1. The highest BCUT2D eigenvalue weighted by Gasteiger charge is 2.17. The molecule has 0 radical (unpaired) electrons. The number of phenols is 1. The third kappa shape index (κ3) is 7.62. The number of hydrazone groups is 1. The zero-order chi connectivity index (χ0) is 27.9. The molecule has 4 aromatic rings. The van der Waals surface area contributed by atoms with Crippen LogP contribution in [0.5, 0.6) is 17.2 Å². The first-order valence-electron chi connectivity index (χ1n) is 11.1. The molecule has 2 N–H and O–H groups in total. The van der Waals surface area contributed by atoms with Gasteiger partial charge in [-0.25, -0.2) is 15.0 Å². The first kappa shape index (κ1) is 28.2. The van der Waals surface area contributed by atoms with Crippen LogP contribution < -0.4 is 14.9 Å². The lowest BCUT2D eigenvalue weighted by Crippen LogP contribution is -2.17. The molecule has 0 aromatic heterocycles. The highest BCUT2D eigenvalue weighted by molar-refractivity contribution is 9.11. The van der Waals surface area contributed by atoms with Crippen LogP contribution in [0, 0.1) is 0 Å². The highest BCUT2D eigenvalue weighted by atomic mass is 79.9. The molecule has 0 aliphatic rings. The number of halogens is 3. The maximum absolute atomic E-state index is 12.8. The Morgan fingerprint density at radius 2 is 1.23 bits per heavy atom. The smallest absolute Gasteiger partial charge is 0.343 e. The second-order valence-electron chi connectivity index (χ2n) is 7.86. The minimum Gasteiger partial charge on any atom is -0.507 e. The topological polar surface area (TPSA) is 114 Å². The zero-order valence-corrected chi connectivity index (χ0v) is 24.5. The van der Waals surface area contributed by atoms with Crippen molar-refractivity contribution >= 4 is 71.9 Å². The fraction of sp³-hybridized carbons (Fsp3) is 0. The van der Waals surface area contributed by atoms with E-state index < -0.39 is 17.8 Å². The van der Waals surface area contributed by atoms with Gasteiger partial charge < -0.3 is 14.6 Å². The monoisotopic (exact) mass is 714 g/mol. The molecule has 11 heteroatoms. The quantitative estimate of drug-likeness (QED) is 0.0933. The van der Waals surface area contributed by atoms with Gasteiger partial charge in [0.25, 0.3) is 5.91 Å². The number of hydrogen-bond donors (Lipinski definition) is 2. The van der Waals surface area contributed by atoms with Crippen LogP contribution >= 0.6 is 47.8 Å². The number of amides is 1. The van der Waals surface area contributed by atoms with Gasteiger partial charge in [-0.15, -0.1) is 0 Å². The van der Waals surface area contributed by atoms with E-state index in [1.165, 1.54) is 30.5 Å². The normalized spacial score (nSPS) is 10.7. The molecule has 196 valence electrons. The molecule has 0 aliphatic carbocycles. The van der Waals surface area contributed by atoms with E-state index >= 15 is 0 Å². The van der Waals surface area contributed by atoms with Gasteiger partial charge in [0.1, 0.15) is 5.75 Å². The van der Waals surface area contributed by atoms with Gasteiger partial charge >= 0.3 is 11.9 Å². The van der Waals surface area contributed by atoms with Crippen LogP contribution in [0.15, 0.2) is 103 Å². The molecular formula is C28H17Br3N2O6. The number of phenolic OH excluding ortho intramolecular Hbond substituents is 1. The molecule has 0 fully saturated rings. The summed E-state index contributed by atoms with van der Waals surface area (Å²) in [6, 6.07) is 22.0. The molecule has 4 aromatic carbocycles. The van der Waals surface area contributed by atoms with Gasteiger partial charge in [0.15, 0.2) is 11.5 Å². The van der Waals surface area contributed by atoms with Crippen LogP contribution in [0.3, 0.4) is 0 Å². The molecule has 8 nitrogen and oxygen atoms in total. The number of carbonyl (C=O) groups is 3. The SMILES string of the molecule is O=C(Oc1ccc(/C=N/NC(=O)c2cc(Br)ccc2O)cc1OC(=O)c1ccc(Br)cc1)c1ccc(Br)cc1. The van der Waals surface area contributed by atoms with Gasteiger partial charge in [0.2, 0.25) is 0 Å². The highest BCUT2D eigenvalue weighted by Crippen LogP contribution is 2.30. The molecule has 0 bridgehead atoms. The van der Waals surface area contributed by atoms with Crippen LogP contribution in [0.2, 0.25) is 0 Å². The molecule has 0 aliphatic heterocycles. The minimum atomic E-state index is -0.670. The van der Waals surface area contributed by atoms with Crippen molar-refractivity contribution in [3.63, 3.8) is 0 Å². The second kappa shape index (κ2) is 12.8. The summed E-state index contributed by atoms with van der Waals surface area (Å²) >= 11 is 9.89. The largest absolute Gasteiger partial charge is 0.507 e. The van der Waals surface area contributed by atoms with Gasteiger partial charge in [0, 0.05) is 13.4 Å². The first-order valence-corrected chi connectivity index (χ1v) is 13.5. The molecule has 0 spiro atoms. The van der Waals surface area contributed by atoms with Crippen molar-refractivity contribution in [1.29, 1.82) is 0 Å². The van der Waals surface area contributed by atoms with E-state index in [9.17, 15) is 19.5 Å². The standard InChI is InChI=1S/C28H17Br3N2O6/c29-19-6-2-17(3-7-19)27(36)38-24-12-1-16(13-25(24)39-28(37)18-4-8-20(30)9-5-18)15-32-33-26(35)22-14-21(31)10-11-23(22)34/h1-15,34H,(H,33,35)/b32-15+. The van der Waals surface area contributed by atoms with Gasteiger partial charge in [-0.05, 0) is 90.5 Å². The molecule has 0 heterocycles. The summed E-state index contributed by atoms with van der Waals surface area (Å²) in [6.45, 7) is 0. The number of benzene rings is 4. The number of aromatic hydroxyl groups is 1. The lowest BCUT2D eigenvalue weighted by Gasteiger charge is -2.12. The number of hydrogen-bond acceptors (Lipinski definition) is 7. The average molecular weight is 717 g/mol. The number of nitrogens with one attached hydrogen (secondary N) is 1. The van der Waals surface area contributed by atoms with Gasteiger partial charge in [-0.2, -0.15) is 5.10 Å². The Bertz CT molecular complexity index is 1570. The molecular weight excluding hydrogens is 700 g/mol. The summed E-state index contributed by atoms with van der Waals surface area (Å²) in [7, 11) is 0. The van der Waals surface area contributed by atoms with E-state index in [1.807, 2.05) is 0 Å². The van der Waals surface area contributed by atoms with Crippen LogP contribution in [-0.4, -0.2) is 29.2 Å². The third-order valence-corrected chi connectivity index (χ3v) is 6.67. The van der Waals surface area contributed by atoms with Crippen LogP contribution in [0.1, 0.15) is 36.6 Å². The summed E-state index contributed by atoms with van der Waals surface area (Å²) in [5, 5.41) is 13.8. The first-order chi connectivity index (χ1) is 18.7. The number of ether oxygens (including phenoxy) is 2. The van der Waals surface area contributed by atoms with Crippen LogP contribution in [0.25, 0.3) is 0 Å². The molecule has 0 saturated carbocycles. The average Bonchev–Trinajstić information content (AvgIpc) is 2.92. The predicted octanol–water partition coefficient (Wildman–Crippen LogP) is 6.88. The van der Waals surface area contributed by atoms with Crippen molar-refractivity contribution in [2.45, 2.75) is 0 Å². The van der Waals surface area contributed by atoms with E-state index in [4.69, 9.17) is 9.47 Å². The predicted molar refractivity (Wildman–Crippen MR) is 156 cm³/mol. The van der Waals surface area contributed by atoms with Crippen molar-refractivity contribution < 1.29 is 29.0 Å². The molecule has 4 rings (SSSR count). The maximum Gasteiger partial charge on any atom is 0.343 e. The zero-order valence-electron chi connectivity index (χ0n) is 19.7. The summed E-state index contributed by atoms with van der Waals surface area (Å²) < 4.78 is 13.3. The Kier molecular flexibility index (Phi) is 9.28. The Morgan fingerprint density at radius 3 is 1.82 bits per heavy atom. The van der Waals surface area contributed by atoms with Crippen LogP contribution in [-0.2, 0) is 0 Å². The summed E-state index contributed by atoms with van der Waals surface area (Å²) in [4.78, 5) is 37.9. The fourth-order valence-corrected chi connectivity index (χ4v) is 4.06. The molecule has 0 unspecified atom stereocenters. The number of carbonyl (C=O) groups excluding carboxylic acids is 3. The Hall–Kier alpha value is -3.80. The van der Waals surface area contributed by atoms with Crippen molar-refractivity contribution in [3.05, 3.63) is 121 Å². The molecule has 39 heavy (non-hydrogen) atoms. The molecule has 0 atom stereocenters. The van der Waals surface area contributed by atoms with Crippen molar-refractivity contribution in [2.24, 2.45) is 5.10 Å². The van der Waals surface area contributed by atoms with Crippen molar-refractivity contribution in [2.75, 3.05) is 0 Å².